The zero-order valence-electron chi connectivity index (χ0n) is 9.45. The lowest BCUT2D eigenvalue weighted by molar-refractivity contribution is -0.129. The van der Waals surface area contributed by atoms with Gasteiger partial charge >= 0.3 is 0 Å². The number of rotatable bonds is 4. The minimum absolute atomic E-state index is 0.279. The van der Waals surface area contributed by atoms with Gasteiger partial charge in [0, 0.05) is 18.0 Å². The monoisotopic (exact) mass is 235 g/mol. The molecule has 1 aliphatic rings. The molecule has 1 aliphatic heterocycles. The standard InChI is InChI=1S/C13H17NOS/c1-2-5-12-11(6-9-16-12)10-13(15)14-7-3-4-8-14/h2,6,9H,1,3-5,7-8,10H2. The normalized spacial score (nSPS) is 15.4. The summed E-state index contributed by atoms with van der Waals surface area (Å²) in [5, 5.41) is 2.06. The molecule has 86 valence electrons. The molecule has 3 heteroatoms. The first-order valence-corrected chi connectivity index (χ1v) is 6.63. The highest BCUT2D eigenvalue weighted by molar-refractivity contribution is 7.10. The fraction of sp³-hybridized carbons (Fsp3) is 0.462. The predicted molar refractivity (Wildman–Crippen MR) is 67.7 cm³/mol. The van der Waals surface area contributed by atoms with E-state index in [4.69, 9.17) is 0 Å². The highest BCUT2D eigenvalue weighted by Gasteiger charge is 2.19. The lowest BCUT2D eigenvalue weighted by atomic mass is 10.1. The third-order valence-corrected chi connectivity index (χ3v) is 3.95. The molecule has 1 saturated heterocycles. The average molecular weight is 235 g/mol. The third kappa shape index (κ3) is 2.53. The first kappa shape index (κ1) is 11.4. The van der Waals surface area contributed by atoms with Crippen LogP contribution in [0.25, 0.3) is 0 Å². The van der Waals surface area contributed by atoms with Gasteiger partial charge in [-0.05, 0) is 36.3 Å². The van der Waals surface area contributed by atoms with Crippen LogP contribution in [0.4, 0.5) is 0 Å². The molecule has 1 aromatic rings. The quantitative estimate of drug-likeness (QED) is 0.735. The van der Waals surface area contributed by atoms with Crippen molar-refractivity contribution in [3.05, 3.63) is 34.5 Å². The molecule has 0 bridgehead atoms. The summed E-state index contributed by atoms with van der Waals surface area (Å²) in [7, 11) is 0. The summed E-state index contributed by atoms with van der Waals surface area (Å²) in [5.74, 6) is 0.279. The number of nitrogens with zero attached hydrogens (tertiary/aromatic N) is 1. The lowest BCUT2D eigenvalue weighted by Gasteiger charge is -2.15. The van der Waals surface area contributed by atoms with Gasteiger partial charge in [-0.1, -0.05) is 6.08 Å². The molecule has 0 atom stereocenters. The molecular formula is C13H17NOS. The molecule has 0 radical (unpaired) electrons. The Morgan fingerprint density at radius 3 is 2.94 bits per heavy atom. The average Bonchev–Trinajstić information content (AvgIpc) is 2.90. The summed E-state index contributed by atoms with van der Waals surface area (Å²) in [4.78, 5) is 15.2. The zero-order chi connectivity index (χ0) is 11.4. The van der Waals surface area contributed by atoms with E-state index >= 15 is 0 Å². The summed E-state index contributed by atoms with van der Waals surface area (Å²) in [5.41, 5.74) is 1.18. The Bertz CT molecular complexity index is 377. The SMILES string of the molecule is C=CCc1sccc1CC(=O)N1CCCC1. The van der Waals surface area contributed by atoms with Crippen LogP contribution in [0, 0.1) is 0 Å². The van der Waals surface area contributed by atoms with E-state index in [0.29, 0.717) is 6.42 Å². The van der Waals surface area contributed by atoms with Gasteiger partial charge in [-0.3, -0.25) is 4.79 Å². The Kier molecular flexibility index (Phi) is 3.78. The zero-order valence-corrected chi connectivity index (χ0v) is 10.3. The van der Waals surface area contributed by atoms with Crippen LogP contribution in [0.3, 0.4) is 0 Å². The van der Waals surface area contributed by atoms with Crippen LogP contribution in [0.5, 0.6) is 0 Å². The third-order valence-electron chi connectivity index (χ3n) is 2.97. The van der Waals surface area contributed by atoms with E-state index in [1.54, 1.807) is 11.3 Å². The van der Waals surface area contributed by atoms with E-state index in [1.807, 2.05) is 11.0 Å². The van der Waals surface area contributed by atoms with Gasteiger partial charge in [-0.25, -0.2) is 0 Å². The Balaban J connectivity index is 1.99. The van der Waals surface area contributed by atoms with E-state index in [9.17, 15) is 4.79 Å². The van der Waals surface area contributed by atoms with Crippen molar-refractivity contribution in [1.29, 1.82) is 0 Å². The molecule has 16 heavy (non-hydrogen) atoms. The molecule has 0 saturated carbocycles. The van der Waals surface area contributed by atoms with Crippen LogP contribution in [0.15, 0.2) is 24.1 Å². The molecule has 2 heterocycles. The maximum Gasteiger partial charge on any atom is 0.227 e. The van der Waals surface area contributed by atoms with Crippen molar-refractivity contribution in [2.45, 2.75) is 25.7 Å². The molecule has 0 aliphatic carbocycles. The summed E-state index contributed by atoms with van der Waals surface area (Å²) >= 11 is 1.72. The van der Waals surface area contributed by atoms with Gasteiger partial charge in [0.15, 0.2) is 0 Å². The molecule has 1 aromatic heterocycles. The maximum absolute atomic E-state index is 12.0. The van der Waals surface area contributed by atoms with E-state index in [2.05, 4.69) is 18.0 Å². The van der Waals surface area contributed by atoms with Crippen molar-refractivity contribution >= 4 is 17.2 Å². The van der Waals surface area contributed by atoms with Gasteiger partial charge in [0.2, 0.25) is 5.91 Å². The van der Waals surface area contributed by atoms with Gasteiger partial charge in [-0.2, -0.15) is 0 Å². The minimum atomic E-state index is 0.279. The summed E-state index contributed by atoms with van der Waals surface area (Å²) < 4.78 is 0. The molecule has 1 amide bonds. The number of likely N-dealkylation sites (tertiary alicyclic amines) is 1. The van der Waals surface area contributed by atoms with E-state index < -0.39 is 0 Å². The first-order valence-electron chi connectivity index (χ1n) is 5.75. The molecule has 0 spiro atoms. The largest absolute Gasteiger partial charge is 0.342 e. The van der Waals surface area contributed by atoms with Crippen LogP contribution < -0.4 is 0 Å². The van der Waals surface area contributed by atoms with Gasteiger partial charge < -0.3 is 4.90 Å². The van der Waals surface area contributed by atoms with Crippen molar-refractivity contribution in [3.8, 4) is 0 Å². The second-order valence-corrected chi connectivity index (χ2v) is 5.13. The summed E-state index contributed by atoms with van der Waals surface area (Å²) in [6, 6.07) is 2.07. The molecular weight excluding hydrogens is 218 g/mol. The number of amides is 1. The van der Waals surface area contributed by atoms with Crippen LogP contribution >= 0.6 is 11.3 Å². The van der Waals surface area contributed by atoms with Crippen LogP contribution in [0.1, 0.15) is 23.3 Å². The van der Waals surface area contributed by atoms with E-state index in [0.717, 1.165) is 32.4 Å². The Morgan fingerprint density at radius 1 is 1.50 bits per heavy atom. The fourth-order valence-electron chi connectivity index (χ4n) is 2.08. The number of hydrogen-bond donors (Lipinski definition) is 0. The number of hydrogen-bond acceptors (Lipinski definition) is 2. The number of carbonyl (C=O) groups is 1. The predicted octanol–water partition coefficient (Wildman–Crippen LogP) is 2.64. The van der Waals surface area contributed by atoms with Gasteiger partial charge in [-0.15, -0.1) is 17.9 Å². The fourth-order valence-corrected chi connectivity index (χ4v) is 2.98. The topological polar surface area (TPSA) is 20.3 Å². The van der Waals surface area contributed by atoms with E-state index in [-0.39, 0.29) is 5.91 Å². The molecule has 0 unspecified atom stereocenters. The summed E-state index contributed by atoms with van der Waals surface area (Å²) in [6.07, 6.45) is 5.66. The maximum atomic E-state index is 12.0. The highest BCUT2D eigenvalue weighted by atomic mass is 32.1. The molecule has 2 rings (SSSR count). The highest BCUT2D eigenvalue weighted by Crippen LogP contribution is 2.20. The second kappa shape index (κ2) is 5.30. The second-order valence-electron chi connectivity index (χ2n) is 4.13. The van der Waals surface area contributed by atoms with Crippen molar-refractivity contribution in [1.82, 2.24) is 4.90 Å². The molecule has 0 N–H and O–H groups in total. The Morgan fingerprint density at radius 2 is 2.25 bits per heavy atom. The van der Waals surface area contributed by atoms with Gasteiger partial charge in [0.05, 0.1) is 6.42 Å². The van der Waals surface area contributed by atoms with Gasteiger partial charge in [0.1, 0.15) is 0 Å². The van der Waals surface area contributed by atoms with Crippen LogP contribution in [0.2, 0.25) is 0 Å². The number of allylic oxidation sites excluding steroid dienone is 1. The molecule has 1 fully saturated rings. The Hall–Kier alpha value is -1.09. The smallest absolute Gasteiger partial charge is 0.227 e. The lowest BCUT2D eigenvalue weighted by Crippen LogP contribution is -2.29. The van der Waals surface area contributed by atoms with E-state index in [1.165, 1.54) is 10.4 Å². The van der Waals surface area contributed by atoms with Crippen LogP contribution in [-0.2, 0) is 17.6 Å². The van der Waals surface area contributed by atoms with Crippen molar-refractivity contribution in [2.24, 2.45) is 0 Å². The van der Waals surface area contributed by atoms with Crippen molar-refractivity contribution in [3.63, 3.8) is 0 Å². The first-order chi connectivity index (χ1) is 7.81. The number of thiophene rings is 1. The molecule has 0 aromatic carbocycles. The Labute approximate surface area is 101 Å². The summed E-state index contributed by atoms with van der Waals surface area (Å²) in [6.45, 7) is 5.63. The molecule has 2 nitrogen and oxygen atoms in total. The van der Waals surface area contributed by atoms with Crippen molar-refractivity contribution in [2.75, 3.05) is 13.1 Å². The van der Waals surface area contributed by atoms with Gasteiger partial charge in [0.25, 0.3) is 0 Å². The van der Waals surface area contributed by atoms with Crippen molar-refractivity contribution < 1.29 is 4.79 Å². The van der Waals surface area contributed by atoms with Crippen LogP contribution in [-0.4, -0.2) is 23.9 Å². The number of carbonyl (C=O) groups excluding carboxylic acids is 1. The minimum Gasteiger partial charge on any atom is -0.342 e.